The van der Waals surface area contributed by atoms with Gasteiger partial charge in [-0.1, -0.05) is 43.2 Å². The number of anilines is 1. The number of hydrogen-bond donors (Lipinski definition) is 4. The Morgan fingerprint density at radius 1 is 1.05 bits per heavy atom. The zero-order valence-electron chi connectivity index (χ0n) is 24.4. The van der Waals surface area contributed by atoms with Crippen LogP contribution in [-0.4, -0.2) is 66.9 Å². The highest BCUT2D eigenvalue weighted by molar-refractivity contribution is 7.91. The second kappa shape index (κ2) is 12.7. The van der Waals surface area contributed by atoms with Gasteiger partial charge >= 0.3 is 16.3 Å². The lowest BCUT2D eigenvalue weighted by Gasteiger charge is -2.30. The lowest BCUT2D eigenvalue weighted by Crippen LogP contribution is -2.58. The predicted molar refractivity (Wildman–Crippen MR) is 156 cm³/mol. The first-order valence-corrected chi connectivity index (χ1v) is 16.0. The van der Waals surface area contributed by atoms with Gasteiger partial charge in [0, 0.05) is 12.5 Å². The van der Waals surface area contributed by atoms with Crippen molar-refractivity contribution in [2.45, 2.75) is 95.4 Å². The predicted octanol–water partition coefficient (Wildman–Crippen LogP) is 2.74. The number of rotatable bonds is 5. The van der Waals surface area contributed by atoms with Crippen LogP contribution in [0.3, 0.4) is 0 Å². The van der Waals surface area contributed by atoms with Crippen LogP contribution >= 0.6 is 0 Å². The van der Waals surface area contributed by atoms with Crippen LogP contribution in [0.4, 0.5) is 10.5 Å². The Kier molecular flexibility index (Phi) is 9.49. The molecule has 1 aromatic carbocycles. The number of fused-ring (bicyclic) bond motifs is 2. The summed E-state index contributed by atoms with van der Waals surface area (Å²) in [6, 6.07) is 6.41. The first-order valence-electron chi connectivity index (χ1n) is 14.5. The van der Waals surface area contributed by atoms with Gasteiger partial charge in [0.15, 0.2) is 0 Å². The van der Waals surface area contributed by atoms with Gasteiger partial charge in [0.05, 0.1) is 5.69 Å². The van der Waals surface area contributed by atoms with Gasteiger partial charge in [-0.05, 0) is 71.4 Å². The van der Waals surface area contributed by atoms with Crippen LogP contribution in [0.25, 0.3) is 0 Å². The van der Waals surface area contributed by atoms with E-state index in [1.54, 1.807) is 51.1 Å². The zero-order valence-corrected chi connectivity index (χ0v) is 25.2. The summed E-state index contributed by atoms with van der Waals surface area (Å²) in [5.41, 5.74) is -1.93. The fourth-order valence-electron chi connectivity index (χ4n) is 5.44. The molecule has 0 spiro atoms. The van der Waals surface area contributed by atoms with E-state index in [9.17, 15) is 27.6 Å². The van der Waals surface area contributed by atoms with E-state index in [0.29, 0.717) is 38.6 Å². The van der Waals surface area contributed by atoms with E-state index < -0.39 is 57.3 Å². The molecule has 230 valence electrons. The summed E-state index contributed by atoms with van der Waals surface area (Å²) in [7, 11) is -4.28. The number of hydrogen-bond acceptors (Lipinski definition) is 7. The van der Waals surface area contributed by atoms with E-state index in [4.69, 9.17) is 4.74 Å². The number of allylic oxidation sites excluding steroid dienone is 1. The maximum atomic E-state index is 13.7. The maximum absolute atomic E-state index is 13.7. The Bertz CT molecular complexity index is 1310. The standard InChI is InChI=1S/C29H41N5O7S/c1-28(2,3)41-27(38)30-22-16-11-6-4-5-8-13-20-19-29(20,31-24(35)23-17-12-18-34(23)25(22)36)26(37)33-42(39,40)32-21-14-9-7-10-15-21/h7-10,13-15,20,22-23,32H,4-6,11-12,16-19H2,1-3H3,(H,30,38)(H,31,35)(H,33,37)/b13-8-/t20-,22-,23-,29+/m0/s1. The highest BCUT2D eigenvalue weighted by Gasteiger charge is 2.61. The number of nitrogens with zero attached hydrogens (tertiary/aromatic N) is 1. The number of benzene rings is 1. The van der Waals surface area contributed by atoms with Gasteiger partial charge in [0.25, 0.3) is 5.91 Å². The third-order valence-corrected chi connectivity index (χ3v) is 8.54. The van der Waals surface area contributed by atoms with Crippen molar-refractivity contribution < 1.29 is 32.3 Å². The first kappa shape index (κ1) is 31.3. The SMILES string of the molecule is CC(C)(C)OC(=O)N[C@H]1CCCCC/C=C\[C@H]2C[C@@]2(C(=O)NS(=O)(=O)Nc2ccccc2)NC(=O)[C@@H]2CCCN2C1=O. The van der Waals surface area contributed by atoms with Crippen LogP contribution in [-0.2, 0) is 29.3 Å². The van der Waals surface area contributed by atoms with Gasteiger partial charge in [-0.15, -0.1) is 0 Å². The highest BCUT2D eigenvalue weighted by Crippen LogP contribution is 2.45. The number of nitrogens with one attached hydrogen (secondary N) is 4. The molecule has 4 N–H and O–H groups in total. The zero-order chi connectivity index (χ0) is 30.5. The van der Waals surface area contributed by atoms with Gasteiger partial charge < -0.3 is 20.3 Å². The normalized spacial score (nSPS) is 27.7. The van der Waals surface area contributed by atoms with Crippen LogP contribution < -0.4 is 20.1 Å². The molecule has 1 saturated heterocycles. The number of amides is 4. The molecule has 4 amide bonds. The third-order valence-electron chi connectivity index (χ3n) is 7.58. The molecule has 12 nitrogen and oxygen atoms in total. The molecule has 4 atom stereocenters. The third kappa shape index (κ3) is 8.02. The molecule has 1 aromatic rings. The Morgan fingerprint density at radius 3 is 2.50 bits per heavy atom. The van der Waals surface area contributed by atoms with Gasteiger partial charge in [-0.2, -0.15) is 8.42 Å². The van der Waals surface area contributed by atoms with Crippen LogP contribution in [0.5, 0.6) is 0 Å². The molecule has 0 bridgehead atoms. The Morgan fingerprint density at radius 2 is 1.79 bits per heavy atom. The van der Waals surface area contributed by atoms with E-state index in [2.05, 4.69) is 20.1 Å². The van der Waals surface area contributed by atoms with Crippen molar-refractivity contribution in [2.24, 2.45) is 5.92 Å². The lowest BCUT2D eigenvalue weighted by molar-refractivity contribution is -0.141. The molecule has 42 heavy (non-hydrogen) atoms. The Balaban J connectivity index is 1.53. The van der Waals surface area contributed by atoms with Gasteiger partial charge in [-0.25, -0.2) is 9.52 Å². The number of ether oxygens (including phenoxy) is 1. The van der Waals surface area contributed by atoms with E-state index in [1.807, 2.05) is 12.2 Å². The number of carbonyl (C=O) groups is 4. The Hall–Kier alpha value is -3.61. The summed E-state index contributed by atoms with van der Waals surface area (Å²) >= 11 is 0. The molecule has 1 aliphatic carbocycles. The van der Waals surface area contributed by atoms with E-state index >= 15 is 0 Å². The summed E-state index contributed by atoms with van der Waals surface area (Å²) in [6.07, 6.45) is 7.68. The number of carbonyl (C=O) groups excluding carboxylic acids is 4. The Labute approximate surface area is 247 Å². The van der Waals surface area contributed by atoms with Crippen LogP contribution in [0.2, 0.25) is 0 Å². The molecule has 0 aromatic heterocycles. The minimum absolute atomic E-state index is 0.228. The summed E-state index contributed by atoms with van der Waals surface area (Å²) in [4.78, 5) is 54.7. The molecule has 13 heteroatoms. The molecular formula is C29H41N5O7S. The molecular weight excluding hydrogens is 562 g/mol. The topological polar surface area (TPSA) is 163 Å². The molecule has 2 heterocycles. The fraction of sp³-hybridized carbons (Fsp3) is 0.586. The largest absolute Gasteiger partial charge is 0.444 e. The number of para-hydroxylation sites is 1. The van der Waals surface area contributed by atoms with Crippen molar-refractivity contribution in [3.8, 4) is 0 Å². The average molecular weight is 604 g/mol. The average Bonchev–Trinajstić information content (AvgIpc) is 3.35. The van der Waals surface area contributed by atoms with E-state index in [0.717, 1.165) is 12.8 Å². The molecule has 3 aliphatic rings. The van der Waals surface area contributed by atoms with Crippen molar-refractivity contribution in [1.29, 1.82) is 0 Å². The van der Waals surface area contributed by atoms with Crippen LogP contribution in [0.1, 0.15) is 72.1 Å². The minimum Gasteiger partial charge on any atom is -0.444 e. The van der Waals surface area contributed by atoms with Gasteiger partial charge in [0.1, 0.15) is 23.2 Å². The summed E-state index contributed by atoms with van der Waals surface area (Å²) < 4.78 is 35.3. The van der Waals surface area contributed by atoms with E-state index in [1.165, 1.54) is 4.90 Å². The molecule has 0 radical (unpaired) electrons. The molecule has 2 aliphatic heterocycles. The second-order valence-corrected chi connectivity index (χ2v) is 13.5. The van der Waals surface area contributed by atoms with Crippen molar-refractivity contribution in [2.75, 3.05) is 11.3 Å². The summed E-state index contributed by atoms with van der Waals surface area (Å²) in [5.74, 6) is -2.16. The summed E-state index contributed by atoms with van der Waals surface area (Å²) in [5, 5.41) is 5.50. The van der Waals surface area contributed by atoms with Crippen molar-refractivity contribution in [3.05, 3.63) is 42.5 Å². The van der Waals surface area contributed by atoms with Gasteiger partial charge in [-0.3, -0.25) is 19.1 Å². The monoisotopic (exact) mass is 603 g/mol. The fourth-order valence-corrected chi connectivity index (χ4v) is 6.37. The van der Waals surface area contributed by atoms with Crippen LogP contribution in [0, 0.1) is 5.92 Å². The highest BCUT2D eigenvalue weighted by atomic mass is 32.2. The molecule has 2 fully saturated rings. The molecule has 4 rings (SSSR count). The summed E-state index contributed by atoms with van der Waals surface area (Å²) in [6.45, 7) is 5.53. The van der Waals surface area contributed by atoms with Crippen molar-refractivity contribution in [3.63, 3.8) is 0 Å². The maximum Gasteiger partial charge on any atom is 0.408 e. The molecule has 0 unspecified atom stereocenters. The van der Waals surface area contributed by atoms with E-state index in [-0.39, 0.29) is 18.0 Å². The number of alkyl carbamates (subject to hydrolysis) is 1. The smallest absolute Gasteiger partial charge is 0.408 e. The van der Waals surface area contributed by atoms with Crippen molar-refractivity contribution >= 4 is 39.7 Å². The molecule has 1 saturated carbocycles. The van der Waals surface area contributed by atoms with Crippen LogP contribution in [0.15, 0.2) is 42.5 Å². The first-order chi connectivity index (χ1) is 19.8. The minimum atomic E-state index is -4.28. The van der Waals surface area contributed by atoms with Crippen molar-refractivity contribution in [1.82, 2.24) is 20.3 Å². The van der Waals surface area contributed by atoms with Gasteiger partial charge in [0.2, 0.25) is 11.8 Å². The lowest BCUT2D eigenvalue weighted by atomic mass is 10.0. The quantitative estimate of drug-likeness (QED) is 0.376. The second-order valence-electron chi connectivity index (χ2n) is 12.1.